The molecule has 1 unspecified atom stereocenters. The molecular weight excluding hydrogens is 394 g/mol. The van der Waals surface area contributed by atoms with Gasteiger partial charge in [0.1, 0.15) is 11.6 Å². The highest BCUT2D eigenvalue weighted by Crippen LogP contribution is 2.31. The quantitative estimate of drug-likeness (QED) is 0.428. The second kappa shape index (κ2) is 10.7. The first kappa shape index (κ1) is 25.1. The van der Waals surface area contributed by atoms with Crippen molar-refractivity contribution in [3.05, 3.63) is 23.8 Å². The van der Waals surface area contributed by atoms with E-state index in [1.165, 1.54) is 32.0 Å². The normalized spacial score (nSPS) is 13.8. The summed E-state index contributed by atoms with van der Waals surface area (Å²) < 4.78 is 15.3. The number of rotatable bonds is 10. The van der Waals surface area contributed by atoms with Gasteiger partial charge in [-0.3, -0.25) is 19.2 Å². The van der Waals surface area contributed by atoms with Crippen LogP contribution in [-0.2, 0) is 30.3 Å². The number of nitrogens with two attached hydrogens (primary N) is 1. The molecule has 2 atom stereocenters. The number of benzene rings is 1. The Morgan fingerprint density at radius 2 is 1.60 bits per heavy atom. The number of carboxylic acids is 1. The molecule has 30 heavy (non-hydrogen) atoms. The lowest BCUT2D eigenvalue weighted by molar-refractivity contribution is -0.154. The van der Waals surface area contributed by atoms with Crippen molar-refractivity contribution in [1.29, 1.82) is 0 Å². The Morgan fingerprint density at radius 3 is 2.10 bits per heavy atom. The highest BCUT2D eigenvalue weighted by molar-refractivity contribution is 5.79. The number of hydrogen-bond donors (Lipinski definition) is 2. The maximum Gasteiger partial charge on any atom is 0.324 e. The van der Waals surface area contributed by atoms with E-state index < -0.39 is 35.5 Å². The molecule has 0 amide bonds. The SMILES string of the molecule is CC(=O)Oc1ccc(CC(N)(C[C@H](C)OC(=O)CC(C)C)C(=O)O)cc1OC(C)=O. The first-order valence-electron chi connectivity index (χ1n) is 9.54. The van der Waals surface area contributed by atoms with Gasteiger partial charge in [-0.25, -0.2) is 0 Å². The number of hydrogen-bond acceptors (Lipinski definition) is 8. The van der Waals surface area contributed by atoms with Gasteiger partial charge in [0.25, 0.3) is 0 Å². The largest absolute Gasteiger partial charge is 0.480 e. The van der Waals surface area contributed by atoms with Gasteiger partial charge in [-0.15, -0.1) is 0 Å². The average molecular weight is 423 g/mol. The zero-order valence-electron chi connectivity index (χ0n) is 17.9. The molecule has 0 aliphatic carbocycles. The van der Waals surface area contributed by atoms with Crippen LogP contribution in [0, 0.1) is 5.92 Å². The standard InChI is InChI=1S/C21H29NO8/c1-12(2)8-19(25)28-13(3)10-21(22,20(26)27)11-16-6-7-17(29-14(4)23)18(9-16)30-15(5)24/h6-7,9,12-13H,8,10-11,22H2,1-5H3,(H,26,27)/t13-,21?/m0/s1. The Bertz CT molecular complexity index is 804. The van der Waals surface area contributed by atoms with Gasteiger partial charge in [-0.1, -0.05) is 19.9 Å². The van der Waals surface area contributed by atoms with Gasteiger partial charge >= 0.3 is 23.9 Å². The summed E-state index contributed by atoms with van der Waals surface area (Å²) >= 11 is 0. The van der Waals surface area contributed by atoms with Gasteiger partial charge in [0.05, 0.1) is 0 Å². The van der Waals surface area contributed by atoms with Crippen LogP contribution in [0.5, 0.6) is 11.5 Å². The van der Waals surface area contributed by atoms with E-state index in [2.05, 4.69) is 0 Å². The van der Waals surface area contributed by atoms with E-state index in [4.69, 9.17) is 19.9 Å². The van der Waals surface area contributed by atoms with Crippen molar-refractivity contribution in [2.45, 2.75) is 65.5 Å². The highest BCUT2D eigenvalue weighted by Gasteiger charge is 2.37. The Hall–Kier alpha value is -2.94. The van der Waals surface area contributed by atoms with Crippen molar-refractivity contribution in [2.75, 3.05) is 0 Å². The number of carboxylic acid groups (broad SMARTS) is 1. The lowest BCUT2D eigenvalue weighted by atomic mass is 9.86. The number of ether oxygens (including phenoxy) is 3. The summed E-state index contributed by atoms with van der Waals surface area (Å²) in [6, 6.07) is 4.30. The molecule has 0 saturated heterocycles. The second-order valence-electron chi connectivity index (χ2n) is 7.71. The molecule has 0 fully saturated rings. The Balaban J connectivity index is 3.05. The third-order valence-electron chi connectivity index (χ3n) is 4.02. The van der Waals surface area contributed by atoms with E-state index in [-0.39, 0.29) is 36.7 Å². The monoisotopic (exact) mass is 423 g/mol. The molecule has 0 heterocycles. The fourth-order valence-corrected chi connectivity index (χ4v) is 2.90. The van der Waals surface area contributed by atoms with Gasteiger partial charge in [-0.05, 0) is 30.5 Å². The smallest absolute Gasteiger partial charge is 0.324 e. The van der Waals surface area contributed by atoms with Crippen LogP contribution in [-0.4, -0.2) is 40.6 Å². The summed E-state index contributed by atoms with van der Waals surface area (Å²) in [5.74, 6) is -2.83. The molecule has 0 aliphatic heterocycles. The van der Waals surface area contributed by atoms with Gasteiger partial charge in [0, 0.05) is 33.1 Å². The van der Waals surface area contributed by atoms with Crippen LogP contribution in [0.25, 0.3) is 0 Å². The minimum absolute atomic E-state index is 0.0235. The van der Waals surface area contributed by atoms with Crippen molar-refractivity contribution < 1.29 is 38.5 Å². The molecule has 1 aromatic rings. The molecule has 0 spiro atoms. The first-order chi connectivity index (χ1) is 13.8. The summed E-state index contributed by atoms with van der Waals surface area (Å²) in [5.41, 5.74) is 4.83. The fraction of sp³-hybridized carbons (Fsp3) is 0.524. The molecule has 0 aliphatic rings. The molecule has 1 rings (SSSR count). The predicted molar refractivity (Wildman–Crippen MR) is 107 cm³/mol. The van der Waals surface area contributed by atoms with Crippen LogP contribution >= 0.6 is 0 Å². The Kier molecular flexibility index (Phi) is 8.97. The molecule has 0 aromatic heterocycles. The zero-order chi connectivity index (χ0) is 23.1. The molecule has 166 valence electrons. The van der Waals surface area contributed by atoms with Gasteiger partial charge < -0.3 is 25.1 Å². The van der Waals surface area contributed by atoms with E-state index in [9.17, 15) is 24.3 Å². The highest BCUT2D eigenvalue weighted by atomic mass is 16.6. The minimum Gasteiger partial charge on any atom is -0.480 e. The van der Waals surface area contributed by atoms with Crippen LogP contribution in [0.4, 0.5) is 0 Å². The summed E-state index contributed by atoms with van der Waals surface area (Å²) in [5, 5.41) is 9.69. The van der Waals surface area contributed by atoms with E-state index in [1.807, 2.05) is 13.8 Å². The summed E-state index contributed by atoms with van der Waals surface area (Å²) in [7, 11) is 0. The van der Waals surface area contributed by atoms with E-state index in [0.717, 1.165) is 0 Å². The van der Waals surface area contributed by atoms with E-state index >= 15 is 0 Å². The lowest BCUT2D eigenvalue weighted by Crippen LogP contribution is -2.52. The third kappa shape index (κ3) is 8.20. The summed E-state index contributed by atoms with van der Waals surface area (Å²) in [4.78, 5) is 46.3. The van der Waals surface area contributed by atoms with Crippen molar-refractivity contribution >= 4 is 23.9 Å². The van der Waals surface area contributed by atoms with Gasteiger partial charge in [-0.2, -0.15) is 0 Å². The van der Waals surface area contributed by atoms with E-state index in [0.29, 0.717) is 5.56 Å². The van der Waals surface area contributed by atoms with Crippen LogP contribution in [0.15, 0.2) is 18.2 Å². The maximum absolute atomic E-state index is 11.9. The van der Waals surface area contributed by atoms with E-state index in [1.54, 1.807) is 6.92 Å². The average Bonchev–Trinajstić information content (AvgIpc) is 2.54. The maximum atomic E-state index is 11.9. The zero-order valence-corrected chi connectivity index (χ0v) is 17.9. The summed E-state index contributed by atoms with van der Waals surface area (Å²) in [6.45, 7) is 7.70. The number of carbonyl (C=O) groups excluding carboxylic acids is 3. The van der Waals surface area contributed by atoms with Crippen LogP contribution in [0.2, 0.25) is 0 Å². The topological polar surface area (TPSA) is 142 Å². The van der Waals surface area contributed by atoms with Crippen LogP contribution < -0.4 is 15.2 Å². The number of carbonyl (C=O) groups is 4. The van der Waals surface area contributed by atoms with Crippen molar-refractivity contribution in [1.82, 2.24) is 0 Å². The third-order valence-corrected chi connectivity index (χ3v) is 4.02. The molecular formula is C21H29NO8. The fourth-order valence-electron chi connectivity index (χ4n) is 2.90. The molecule has 3 N–H and O–H groups in total. The molecule has 0 radical (unpaired) electrons. The van der Waals surface area contributed by atoms with Crippen molar-refractivity contribution in [2.24, 2.45) is 11.7 Å². The number of aliphatic carboxylic acids is 1. The molecule has 0 saturated carbocycles. The second-order valence-corrected chi connectivity index (χ2v) is 7.71. The van der Waals surface area contributed by atoms with Crippen molar-refractivity contribution in [3.63, 3.8) is 0 Å². The molecule has 9 heteroatoms. The van der Waals surface area contributed by atoms with Gasteiger partial charge in [0.15, 0.2) is 11.5 Å². The van der Waals surface area contributed by atoms with Crippen molar-refractivity contribution in [3.8, 4) is 11.5 Å². The Morgan fingerprint density at radius 1 is 1.03 bits per heavy atom. The summed E-state index contributed by atoms with van der Waals surface area (Å²) in [6.07, 6.45) is -0.757. The lowest BCUT2D eigenvalue weighted by Gasteiger charge is -2.28. The molecule has 9 nitrogen and oxygen atoms in total. The molecule has 1 aromatic carbocycles. The van der Waals surface area contributed by atoms with Gasteiger partial charge in [0.2, 0.25) is 0 Å². The molecule has 0 bridgehead atoms. The number of esters is 3. The van der Waals surface area contributed by atoms with Crippen LogP contribution in [0.1, 0.15) is 53.0 Å². The first-order valence-corrected chi connectivity index (χ1v) is 9.54. The van der Waals surface area contributed by atoms with Crippen LogP contribution in [0.3, 0.4) is 0 Å². The minimum atomic E-state index is -1.74. The predicted octanol–water partition coefficient (Wildman–Crippen LogP) is 2.23. The Labute approximate surface area is 175 Å².